The van der Waals surface area contributed by atoms with Gasteiger partial charge in [-0.2, -0.15) is 30.3 Å². The molecule has 0 heterocycles. The average molecular weight is 339 g/mol. The van der Waals surface area contributed by atoms with Crippen LogP contribution in [0.3, 0.4) is 0 Å². The van der Waals surface area contributed by atoms with Crippen molar-refractivity contribution in [2.45, 2.75) is 18.9 Å². The van der Waals surface area contributed by atoms with Crippen molar-refractivity contribution in [1.29, 1.82) is 0 Å². The Morgan fingerprint density at radius 1 is 1.21 bits per heavy atom. The molecule has 0 spiro atoms. The summed E-state index contributed by atoms with van der Waals surface area (Å²) in [5, 5.41) is 19.6. The van der Waals surface area contributed by atoms with Gasteiger partial charge in [0.2, 0.25) is 5.91 Å². The maximum atomic E-state index is 11.7. The third kappa shape index (κ3) is 6.45. The first-order valence-corrected chi connectivity index (χ1v) is 5.22. The van der Waals surface area contributed by atoms with Crippen molar-refractivity contribution in [3.05, 3.63) is 35.9 Å². The predicted molar refractivity (Wildman–Crippen MR) is 61.0 cm³/mol. The molecule has 0 bridgehead atoms. The summed E-state index contributed by atoms with van der Waals surface area (Å²) in [5.41, 5.74) is 0.301. The van der Waals surface area contributed by atoms with E-state index in [1.54, 1.807) is 0 Å². The average Bonchev–Trinajstić information content (AvgIpc) is 2.34. The van der Waals surface area contributed by atoms with Gasteiger partial charge in [0.05, 0.1) is 0 Å². The summed E-state index contributed by atoms with van der Waals surface area (Å²) in [6, 6.07) is 7.56. The van der Waals surface area contributed by atoms with Crippen LogP contribution in [0.5, 0.6) is 0 Å². The molecule has 0 aliphatic carbocycles. The Morgan fingerprint density at radius 3 is 2.26 bits per heavy atom. The van der Waals surface area contributed by atoms with Crippen LogP contribution in [0.15, 0.2) is 24.3 Å². The summed E-state index contributed by atoms with van der Waals surface area (Å²) in [6.45, 7) is 0. The Labute approximate surface area is 135 Å². The molecule has 1 aromatic carbocycles. The Kier molecular flexibility index (Phi) is 8.19. The molecule has 1 radical (unpaired) electrons. The van der Waals surface area contributed by atoms with Crippen LogP contribution >= 0.6 is 0 Å². The van der Waals surface area contributed by atoms with Gasteiger partial charge in [0.25, 0.3) is 0 Å². The van der Waals surface area contributed by atoms with Crippen LogP contribution in [0.1, 0.15) is 23.2 Å². The van der Waals surface area contributed by atoms with Gasteiger partial charge in [0.1, 0.15) is 6.04 Å². The minimum Gasteiger partial charge on any atom is -0.481 e. The van der Waals surface area contributed by atoms with E-state index in [-0.39, 0.29) is 45.6 Å². The molecule has 1 aromatic rings. The fourth-order valence-corrected chi connectivity index (χ4v) is 1.31. The van der Waals surface area contributed by atoms with Crippen LogP contribution < -0.4 is 5.32 Å². The molecule has 7 heteroatoms. The fourth-order valence-electron chi connectivity index (χ4n) is 1.31. The number of nitrogens with one attached hydrogen (secondary N) is 1. The smallest absolute Gasteiger partial charge is 0.326 e. The maximum absolute atomic E-state index is 11.7. The van der Waals surface area contributed by atoms with E-state index in [0.29, 0.717) is 5.56 Å². The molecule has 0 saturated heterocycles. The number of rotatable bonds is 6. The molecule has 1 amide bonds. The zero-order valence-electron chi connectivity index (χ0n) is 10.00. The van der Waals surface area contributed by atoms with Gasteiger partial charge in [-0.05, 0) is 6.42 Å². The number of carbonyl (C=O) groups excluding carboxylic acids is 1. The number of amides is 1. The van der Waals surface area contributed by atoms with Crippen LogP contribution in [0.25, 0.3) is 0 Å². The van der Waals surface area contributed by atoms with Crippen LogP contribution in [-0.2, 0) is 42.3 Å². The van der Waals surface area contributed by atoms with E-state index in [4.69, 9.17) is 10.2 Å². The van der Waals surface area contributed by atoms with Gasteiger partial charge in [-0.1, -0.05) is 5.56 Å². The van der Waals surface area contributed by atoms with Crippen LogP contribution in [0, 0.1) is 6.07 Å². The van der Waals surface area contributed by atoms with Gasteiger partial charge >= 0.3 is 11.9 Å². The number of carbonyl (C=O) groups is 3. The standard InChI is InChI=1S/C12H12NO5.Y/c14-10(15)7-6-9(12(17)18)13-11(16)8-4-2-1-3-5-8;/h2-5,9H,6-7H2,(H,13,16)(H,14,15)(H,17,18);/q-1;. The minimum atomic E-state index is -1.26. The van der Waals surface area contributed by atoms with Crippen molar-refractivity contribution in [3.8, 4) is 0 Å². The number of carboxylic acid groups (broad SMARTS) is 2. The van der Waals surface area contributed by atoms with E-state index in [9.17, 15) is 14.4 Å². The molecule has 19 heavy (non-hydrogen) atoms. The summed E-state index contributed by atoms with van der Waals surface area (Å²) >= 11 is 0. The molecule has 0 fully saturated rings. The van der Waals surface area contributed by atoms with E-state index in [1.807, 2.05) is 0 Å². The van der Waals surface area contributed by atoms with Crippen molar-refractivity contribution >= 4 is 17.8 Å². The summed E-state index contributed by atoms with van der Waals surface area (Å²) in [5.74, 6) is -2.92. The van der Waals surface area contributed by atoms with E-state index in [2.05, 4.69) is 11.4 Å². The normalized spacial score (nSPS) is 10.9. The molecular formula is C12H12NO5Y-. The Morgan fingerprint density at radius 2 is 1.79 bits per heavy atom. The van der Waals surface area contributed by atoms with Crippen molar-refractivity contribution in [3.63, 3.8) is 0 Å². The fraction of sp³-hybridized carbons (Fsp3) is 0.250. The number of hydrogen-bond acceptors (Lipinski definition) is 3. The molecule has 0 saturated carbocycles. The topological polar surface area (TPSA) is 104 Å². The second-order valence-corrected chi connectivity index (χ2v) is 3.59. The van der Waals surface area contributed by atoms with Crippen LogP contribution in [0.4, 0.5) is 0 Å². The summed E-state index contributed by atoms with van der Waals surface area (Å²) in [6.07, 6.45) is -0.477. The molecule has 3 N–H and O–H groups in total. The zero-order valence-corrected chi connectivity index (χ0v) is 12.8. The number of aliphatic carboxylic acids is 2. The van der Waals surface area contributed by atoms with Gasteiger partial charge in [0.15, 0.2) is 0 Å². The summed E-state index contributed by atoms with van der Waals surface area (Å²) in [7, 11) is 0. The van der Waals surface area contributed by atoms with Gasteiger partial charge in [-0.3, -0.25) is 9.59 Å². The van der Waals surface area contributed by atoms with E-state index in [0.717, 1.165) is 0 Å². The van der Waals surface area contributed by atoms with Gasteiger partial charge in [-0.15, -0.1) is 0 Å². The second-order valence-electron chi connectivity index (χ2n) is 3.59. The maximum Gasteiger partial charge on any atom is 0.326 e. The number of hydrogen-bond donors (Lipinski definition) is 3. The predicted octanol–water partition coefficient (Wildman–Crippen LogP) is 0.532. The molecule has 1 rings (SSSR count). The van der Waals surface area contributed by atoms with E-state index in [1.165, 1.54) is 24.3 Å². The molecule has 1 unspecified atom stereocenters. The van der Waals surface area contributed by atoms with Crippen LogP contribution in [0.2, 0.25) is 0 Å². The summed E-state index contributed by atoms with van der Waals surface area (Å²) < 4.78 is 0. The van der Waals surface area contributed by atoms with Gasteiger partial charge < -0.3 is 15.5 Å². The Bertz CT molecular complexity index is 449. The molecule has 6 nitrogen and oxygen atoms in total. The van der Waals surface area contributed by atoms with Crippen LogP contribution in [-0.4, -0.2) is 34.1 Å². The molecule has 0 aromatic heterocycles. The van der Waals surface area contributed by atoms with E-state index >= 15 is 0 Å². The number of benzene rings is 1. The first kappa shape index (κ1) is 17.7. The Hall–Kier alpha value is -1.27. The first-order valence-electron chi connectivity index (χ1n) is 5.22. The third-order valence-corrected chi connectivity index (χ3v) is 2.23. The van der Waals surface area contributed by atoms with Crippen molar-refractivity contribution in [1.82, 2.24) is 5.32 Å². The molecule has 99 valence electrons. The number of carboxylic acids is 2. The Balaban J connectivity index is 0.00000324. The van der Waals surface area contributed by atoms with Gasteiger partial charge in [0, 0.05) is 39.1 Å². The first-order chi connectivity index (χ1) is 8.50. The summed E-state index contributed by atoms with van der Waals surface area (Å²) in [4.78, 5) is 32.9. The quantitative estimate of drug-likeness (QED) is 0.656. The molecule has 0 aliphatic rings. The van der Waals surface area contributed by atoms with E-state index < -0.39 is 23.9 Å². The third-order valence-electron chi connectivity index (χ3n) is 2.23. The van der Waals surface area contributed by atoms with Crippen molar-refractivity contribution in [2.24, 2.45) is 0 Å². The molecule has 0 aliphatic heterocycles. The molecular weight excluding hydrogens is 327 g/mol. The largest absolute Gasteiger partial charge is 0.481 e. The monoisotopic (exact) mass is 339 g/mol. The molecule has 1 atom stereocenters. The second kappa shape index (κ2) is 8.77. The minimum absolute atomic E-state index is 0. The van der Waals surface area contributed by atoms with Gasteiger partial charge in [-0.25, -0.2) is 4.79 Å². The zero-order chi connectivity index (χ0) is 13.5. The van der Waals surface area contributed by atoms with Crippen molar-refractivity contribution in [2.75, 3.05) is 0 Å². The SMILES string of the molecule is O=C(O)CCC(NC(=O)c1cc[c-]cc1)C(=O)O.[Y]. The van der Waals surface area contributed by atoms with Crippen molar-refractivity contribution < 1.29 is 57.3 Å².